The standard InChI is InChI=1S/C15H20ClNO3/c1-11(20-14-7-2-4-12(16)10-14)15(19)17(8-9-18)13-5-3-6-13/h2,4,7,10-11,13,18H,3,5-6,8-9H2,1H3. The van der Waals surface area contributed by atoms with Crippen molar-refractivity contribution >= 4 is 17.5 Å². The highest BCUT2D eigenvalue weighted by atomic mass is 35.5. The van der Waals surface area contributed by atoms with Gasteiger partial charge in [0.2, 0.25) is 0 Å². The molecule has 110 valence electrons. The molecule has 1 aromatic rings. The maximum absolute atomic E-state index is 12.4. The summed E-state index contributed by atoms with van der Waals surface area (Å²) in [6.07, 6.45) is 2.58. The lowest BCUT2D eigenvalue weighted by atomic mass is 9.91. The van der Waals surface area contributed by atoms with Crippen LogP contribution in [0.4, 0.5) is 0 Å². The first-order valence-corrected chi connectivity index (χ1v) is 7.33. The van der Waals surface area contributed by atoms with Gasteiger partial charge in [0.1, 0.15) is 5.75 Å². The van der Waals surface area contributed by atoms with E-state index >= 15 is 0 Å². The van der Waals surface area contributed by atoms with Crippen molar-refractivity contribution < 1.29 is 14.6 Å². The molecule has 1 N–H and O–H groups in total. The van der Waals surface area contributed by atoms with Crippen molar-refractivity contribution in [2.24, 2.45) is 0 Å². The fourth-order valence-corrected chi connectivity index (χ4v) is 2.49. The molecule has 20 heavy (non-hydrogen) atoms. The Hall–Kier alpha value is -1.26. The van der Waals surface area contributed by atoms with E-state index in [9.17, 15) is 4.79 Å². The molecule has 1 unspecified atom stereocenters. The molecule has 0 saturated heterocycles. The molecule has 2 rings (SSSR count). The number of amides is 1. The average molecular weight is 298 g/mol. The Morgan fingerprint density at radius 1 is 1.55 bits per heavy atom. The molecule has 4 nitrogen and oxygen atoms in total. The summed E-state index contributed by atoms with van der Waals surface area (Å²) in [5.74, 6) is 0.500. The van der Waals surface area contributed by atoms with E-state index in [1.54, 1.807) is 36.1 Å². The minimum atomic E-state index is -0.583. The molecule has 1 aromatic carbocycles. The van der Waals surface area contributed by atoms with Gasteiger partial charge < -0.3 is 14.7 Å². The lowest BCUT2D eigenvalue weighted by Gasteiger charge is -2.38. The monoisotopic (exact) mass is 297 g/mol. The van der Waals surface area contributed by atoms with E-state index < -0.39 is 6.10 Å². The lowest BCUT2D eigenvalue weighted by molar-refractivity contribution is -0.142. The first-order valence-electron chi connectivity index (χ1n) is 6.95. The molecule has 0 heterocycles. The van der Waals surface area contributed by atoms with Gasteiger partial charge in [0.15, 0.2) is 6.10 Å². The number of aliphatic hydroxyl groups excluding tert-OH is 1. The summed E-state index contributed by atoms with van der Waals surface area (Å²) in [4.78, 5) is 14.1. The number of aliphatic hydroxyl groups is 1. The first-order chi connectivity index (χ1) is 9.61. The summed E-state index contributed by atoms with van der Waals surface area (Å²) >= 11 is 5.89. The Balaban J connectivity index is 1.99. The molecule has 0 spiro atoms. The number of carbonyl (C=O) groups excluding carboxylic acids is 1. The van der Waals surface area contributed by atoms with E-state index in [0.717, 1.165) is 19.3 Å². The number of ether oxygens (including phenoxy) is 1. The average Bonchev–Trinajstić information content (AvgIpc) is 2.35. The van der Waals surface area contributed by atoms with Crippen LogP contribution in [0.2, 0.25) is 5.02 Å². The molecule has 0 aliphatic heterocycles. The topological polar surface area (TPSA) is 49.8 Å². The number of halogens is 1. The predicted octanol–water partition coefficient (Wildman–Crippen LogP) is 2.48. The van der Waals surface area contributed by atoms with E-state index in [4.69, 9.17) is 21.4 Å². The first kappa shape index (κ1) is 15.1. The minimum Gasteiger partial charge on any atom is -0.481 e. The third kappa shape index (κ3) is 3.64. The van der Waals surface area contributed by atoms with E-state index in [0.29, 0.717) is 17.3 Å². The van der Waals surface area contributed by atoms with Gasteiger partial charge in [-0.15, -0.1) is 0 Å². The van der Waals surface area contributed by atoms with Crippen molar-refractivity contribution in [3.05, 3.63) is 29.3 Å². The summed E-state index contributed by atoms with van der Waals surface area (Å²) in [5, 5.41) is 9.69. The van der Waals surface area contributed by atoms with Crippen LogP contribution in [0.5, 0.6) is 5.75 Å². The highest BCUT2D eigenvalue weighted by Gasteiger charge is 2.31. The quantitative estimate of drug-likeness (QED) is 0.877. The number of carbonyl (C=O) groups is 1. The number of hydrogen-bond acceptors (Lipinski definition) is 3. The van der Waals surface area contributed by atoms with E-state index in [1.165, 1.54) is 0 Å². The molecule has 1 aliphatic rings. The minimum absolute atomic E-state index is 0.0217. The van der Waals surface area contributed by atoms with Gasteiger partial charge in [-0.2, -0.15) is 0 Å². The summed E-state index contributed by atoms with van der Waals surface area (Å²) in [7, 11) is 0. The van der Waals surface area contributed by atoms with Gasteiger partial charge in [0.25, 0.3) is 5.91 Å². The predicted molar refractivity (Wildman–Crippen MR) is 78.0 cm³/mol. The van der Waals surface area contributed by atoms with Crippen molar-refractivity contribution in [2.45, 2.75) is 38.3 Å². The van der Waals surface area contributed by atoms with Gasteiger partial charge >= 0.3 is 0 Å². The van der Waals surface area contributed by atoms with Gasteiger partial charge in [-0.05, 0) is 44.4 Å². The highest BCUT2D eigenvalue weighted by Crippen LogP contribution is 2.26. The summed E-state index contributed by atoms with van der Waals surface area (Å²) in [6, 6.07) is 7.25. The molecule has 5 heteroatoms. The van der Waals surface area contributed by atoms with Crippen LogP contribution >= 0.6 is 11.6 Å². The number of nitrogens with zero attached hydrogens (tertiary/aromatic N) is 1. The van der Waals surface area contributed by atoms with Gasteiger partial charge in [-0.3, -0.25) is 4.79 Å². The maximum Gasteiger partial charge on any atom is 0.263 e. The molecule has 1 aliphatic carbocycles. The van der Waals surface area contributed by atoms with E-state index in [2.05, 4.69) is 0 Å². The van der Waals surface area contributed by atoms with Gasteiger partial charge in [-0.1, -0.05) is 17.7 Å². The van der Waals surface area contributed by atoms with Crippen LogP contribution in [0.3, 0.4) is 0 Å². The SMILES string of the molecule is CC(Oc1cccc(Cl)c1)C(=O)N(CCO)C1CCC1. The van der Waals surface area contributed by atoms with Crippen LogP contribution in [0, 0.1) is 0 Å². The van der Waals surface area contributed by atoms with Crippen LogP contribution in [-0.4, -0.2) is 41.2 Å². The Morgan fingerprint density at radius 3 is 2.85 bits per heavy atom. The number of rotatable bonds is 6. The van der Waals surface area contributed by atoms with Crippen molar-refractivity contribution in [1.82, 2.24) is 4.90 Å². The molecule has 0 radical (unpaired) electrons. The van der Waals surface area contributed by atoms with Crippen molar-refractivity contribution in [3.8, 4) is 5.75 Å². The lowest BCUT2D eigenvalue weighted by Crippen LogP contribution is -2.50. The molecule has 1 fully saturated rings. The zero-order valence-electron chi connectivity index (χ0n) is 11.6. The molecule has 1 amide bonds. The third-order valence-corrected chi connectivity index (χ3v) is 3.83. The third-order valence-electron chi connectivity index (χ3n) is 3.60. The molecule has 1 saturated carbocycles. The molecule has 0 bridgehead atoms. The fraction of sp³-hybridized carbons (Fsp3) is 0.533. The van der Waals surface area contributed by atoms with Gasteiger partial charge in [0.05, 0.1) is 6.61 Å². The molecular weight excluding hydrogens is 278 g/mol. The zero-order chi connectivity index (χ0) is 14.5. The smallest absolute Gasteiger partial charge is 0.263 e. The summed E-state index contributed by atoms with van der Waals surface area (Å²) < 4.78 is 5.65. The van der Waals surface area contributed by atoms with Crippen LogP contribution in [0.15, 0.2) is 24.3 Å². The highest BCUT2D eigenvalue weighted by molar-refractivity contribution is 6.30. The molecular formula is C15H20ClNO3. The Kier molecular flexibility index (Phi) is 5.26. The Morgan fingerprint density at radius 2 is 2.30 bits per heavy atom. The maximum atomic E-state index is 12.4. The van der Waals surface area contributed by atoms with Crippen LogP contribution < -0.4 is 4.74 Å². The second-order valence-electron chi connectivity index (χ2n) is 5.06. The zero-order valence-corrected chi connectivity index (χ0v) is 12.3. The second kappa shape index (κ2) is 6.95. The summed E-state index contributed by atoms with van der Waals surface area (Å²) in [6.45, 7) is 2.07. The molecule has 1 atom stereocenters. The molecule has 0 aromatic heterocycles. The Labute approximate surface area is 124 Å². The normalized spacial score (nSPS) is 16.4. The largest absolute Gasteiger partial charge is 0.481 e. The van der Waals surface area contributed by atoms with Crippen LogP contribution in [0.1, 0.15) is 26.2 Å². The second-order valence-corrected chi connectivity index (χ2v) is 5.49. The van der Waals surface area contributed by atoms with Crippen LogP contribution in [-0.2, 0) is 4.79 Å². The van der Waals surface area contributed by atoms with E-state index in [1.807, 2.05) is 0 Å². The van der Waals surface area contributed by atoms with Crippen molar-refractivity contribution in [2.75, 3.05) is 13.2 Å². The van der Waals surface area contributed by atoms with Crippen molar-refractivity contribution in [3.63, 3.8) is 0 Å². The fourth-order valence-electron chi connectivity index (χ4n) is 2.31. The van der Waals surface area contributed by atoms with Crippen molar-refractivity contribution in [1.29, 1.82) is 0 Å². The van der Waals surface area contributed by atoms with Gasteiger partial charge in [-0.25, -0.2) is 0 Å². The van der Waals surface area contributed by atoms with Crippen LogP contribution in [0.25, 0.3) is 0 Å². The Bertz CT molecular complexity index is 462. The number of hydrogen-bond donors (Lipinski definition) is 1. The van der Waals surface area contributed by atoms with E-state index in [-0.39, 0.29) is 18.6 Å². The summed E-state index contributed by atoms with van der Waals surface area (Å²) in [5.41, 5.74) is 0. The number of benzene rings is 1. The van der Waals surface area contributed by atoms with Gasteiger partial charge in [0, 0.05) is 17.6 Å².